The first-order valence-electron chi connectivity index (χ1n) is 6.48. The predicted octanol–water partition coefficient (Wildman–Crippen LogP) is 3.69. The van der Waals surface area contributed by atoms with E-state index in [2.05, 4.69) is 5.32 Å². The summed E-state index contributed by atoms with van der Waals surface area (Å²) in [7, 11) is 0. The molecule has 1 atom stereocenters. The highest BCUT2D eigenvalue weighted by Crippen LogP contribution is 2.21. The molecule has 0 aliphatic carbocycles. The van der Waals surface area contributed by atoms with Crippen molar-refractivity contribution >= 4 is 11.7 Å². The fraction of sp³-hybridized carbons (Fsp3) is 0.267. The third kappa shape index (κ3) is 3.81. The summed E-state index contributed by atoms with van der Waals surface area (Å²) in [6, 6.07) is 5.04. The van der Waals surface area contributed by atoms with Gasteiger partial charge in [0.25, 0.3) is 0 Å². The topological polar surface area (TPSA) is 62.5 Å². The summed E-state index contributed by atoms with van der Waals surface area (Å²) in [6.45, 7) is 1.83. The van der Waals surface area contributed by atoms with Crippen LogP contribution in [0.15, 0.2) is 34.9 Å². The highest BCUT2D eigenvalue weighted by Gasteiger charge is 2.16. The van der Waals surface area contributed by atoms with Crippen LogP contribution in [0.2, 0.25) is 0 Å². The second kappa shape index (κ2) is 6.39. The summed E-state index contributed by atoms with van der Waals surface area (Å²) < 4.78 is 32.1. The molecule has 4 nitrogen and oxygen atoms in total. The summed E-state index contributed by atoms with van der Waals surface area (Å²) >= 11 is 0. The Bertz CT molecular complexity index is 626. The van der Waals surface area contributed by atoms with Crippen molar-refractivity contribution in [3.8, 4) is 0 Å². The molecule has 0 aliphatic rings. The Kier molecular flexibility index (Phi) is 4.57. The van der Waals surface area contributed by atoms with E-state index in [0.717, 1.165) is 11.8 Å². The molecule has 0 saturated heterocycles. The van der Waals surface area contributed by atoms with E-state index in [4.69, 9.17) is 9.52 Å². The van der Waals surface area contributed by atoms with Crippen LogP contribution in [0, 0.1) is 11.6 Å². The number of carbonyl (C=O) groups is 1. The molecule has 2 N–H and O–H groups in total. The van der Waals surface area contributed by atoms with Gasteiger partial charge in [-0.3, -0.25) is 0 Å². The van der Waals surface area contributed by atoms with Crippen LogP contribution in [0.5, 0.6) is 0 Å². The molecule has 0 aliphatic heterocycles. The molecule has 112 valence electrons. The van der Waals surface area contributed by atoms with Gasteiger partial charge in [-0.1, -0.05) is 0 Å². The summed E-state index contributed by atoms with van der Waals surface area (Å²) in [5.41, 5.74) is -0.585. The largest absolute Gasteiger partial charge is 0.478 e. The van der Waals surface area contributed by atoms with Gasteiger partial charge in [-0.05, 0) is 31.5 Å². The number of furan rings is 1. The van der Waals surface area contributed by atoms with Crippen molar-refractivity contribution in [1.29, 1.82) is 0 Å². The lowest BCUT2D eigenvalue weighted by Gasteiger charge is -2.16. The molecule has 0 saturated carbocycles. The van der Waals surface area contributed by atoms with Gasteiger partial charge < -0.3 is 14.8 Å². The van der Waals surface area contributed by atoms with Crippen LogP contribution in [0.4, 0.5) is 14.5 Å². The maximum atomic E-state index is 13.7. The van der Waals surface area contributed by atoms with Gasteiger partial charge >= 0.3 is 5.97 Å². The molecule has 1 unspecified atom stereocenters. The van der Waals surface area contributed by atoms with Gasteiger partial charge in [0.15, 0.2) is 0 Å². The number of aromatic carboxylic acids is 1. The normalized spacial score (nSPS) is 12.1. The highest BCUT2D eigenvalue weighted by molar-refractivity contribution is 5.89. The fourth-order valence-electron chi connectivity index (χ4n) is 1.97. The predicted molar refractivity (Wildman–Crippen MR) is 73.4 cm³/mol. The molecule has 0 bridgehead atoms. The molecule has 21 heavy (non-hydrogen) atoms. The molecule has 6 heteroatoms. The van der Waals surface area contributed by atoms with E-state index >= 15 is 0 Å². The zero-order valence-corrected chi connectivity index (χ0v) is 11.4. The van der Waals surface area contributed by atoms with Gasteiger partial charge in [0, 0.05) is 18.5 Å². The van der Waals surface area contributed by atoms with Crippen molar-refractivity contribution in [2.45, 2.75) is 25.8 Å². The van der Waals surface area contributed by atoms with Crippen molar-refractivity contribution < 1.29 is 23.1 Å². The van der Waals surface area contributed by atoms with Crippen LogP contribution >= 0.6 is 0 Å². The number of hydrogen-bond donors (Lipinski definition) is 2. The van der Waals surface area contributed by atoms with Crippen LogP contribution in [0.1, 0.15) is 29.5 Å². The number of halogens is 2. The SMILES string of the molecule is CC(CCc1ccco1)Nc1cc(C(=O)O)c(F)cc1F. The Morgan fingerprint density at radius 1 is 1.38 bits per heavy atom. The summed E-state index contributed by atoms with van der Waals surface area (Å²) in [5.74, 6) is -2.52. The quantitative estimate of drug-likeness (QED) is 0.853. The fourth-order valence-corrected chi connectivity index (χ4v) is 1.97. The van der Waals surface area contributed by atoms with Crippen molar-refractivity contribution in [2.75, 3.05) is 5.32 Å². The van der Waals surface area contributed by atoms with Crippen LogP contribution in [-0.2, 0) is 6.42 Å². The number of aryl methyl sites for hydroxylation is 1. The van der Waals surface area contributed by atoms with Crippen LogP contribution in [0.3, 0.4) is 0 Å². The Hall–Kier alpha value is -2.37. The summed E-state index contributed by atoms with van der Waals surface area (Å²) in [4.78, 5) is 10.8. The van der Waals surface area contributed by atoms with Crippen LogP contribution < -0.4 is 5.32 Å². The van der Waals surface area contributed by atoms with Gasteiger partial charge in [-0.2, -0.15) is 0 Å². The van der Waals surface area contributed by atoms with Gasteiger partial charge in [0.05, 0.1) is 17.5 Å². The first-order valence-corrected chi connectivity index (χ1v) is 6.48. The minimum absolute atomic E-state index is 0.0271. The third-order valence-electron chi connectivity index (χ3n) is 3.09. The molecule has 2 rings (SSSR count). The van der Waals surface area contributed by atoms with Crippen molar-refractivity contribution in [3.63, 3.8) is 0 Å². The van der Waals surface area contributed by atoms with Crippen molar-refractivity contribution in [1.82, 2.24) is 0 Å². The zero-order valence-electron chi connectivity index (χ0n) is 11.4. The summed E-state index contributed by atoms with van der Waals surface area (Å²) in [5, 5.41) is 11.7. The van der Waals surface area contributed by atoms with Gasteiger partial charge in [0.2, 0.25) is 0 Å². The Balaban J connectivity index is 2.04. The maximum Gasteiger partial charge on any atom is 0.338 e. The van der Waals surface area contributed by atoms with Crippen molar-refractivity contribution in [3.05, 3.63) is 53.5 Å². The smallest absolute Gasteiger partial charge is 0.338 e. The second-order valence-corrected chi connectivity index (χ2v) is 4.78. The Morgan fingerprint density at radius 3 is 2.76 bits per heavy atom. The van der Waals surface area contributed by atoms with Gasteiger partial charge in [0.1, 0.15) is 17.4 Å². The number of benzene rings is 1. The number of nitrogens with one attached hydrogen (secondary N) is 1. The third-order valence-corrected chi connectivity index (χ3v) is 3.09. The lowest BCUT2D eigenvalue weighted by molar-refractivity contribution is 0.0692. The number of carboxylic acids is 1. The lowest BCUT2D eigenvalue weighted by atomic mass is 10.1. The maximum absolute atomic E-state index is 13.7. The first-order chi connectivity index (χ1) is 9.97. The molecule has 1 aromatic heterocycles. The van der Waals surface area contributed by atoms with E-state index in [1.165, 1.54) is 0 Å². The molecule has 0 amide bonds. The van der Waals surface area contributed by atoms with E-state index in [1.807, 2.05) is 13.0 Å². The Labute approximate surface area is 120 Å². The van der Waals surface area contributed by atoms with E-state index in [9.17, 15) is 13.6 Å². The molecule has 1 heterocycles. The van der Waals surface area contributed by atoms with Gasteiger partial charge in [-0.15, -0.1) is 0 Å². The summed E-state index contributed by atoms with van der Waals surface area (Å²) in [6.07, 6.45) is 2.90. The van der Waals surface area contributed by atoms with E-state index in [1.54, 1.807) is 12.3 Å². The number of carboxylic acid groups (broad SMARTS) is 1. The Morgan fingerprint density at radius 2 is 2.14 bits per heavy atom. The molecule has 0 fully saturated rings. The number of anilines is 1. The molecule has 0 spiro atoms. The minimum Gasteiger partial charge on any atom is -0.478 e. The zero-order chi connectivity index (χ0) is 15.4. The molecular weight excluding hydrogens is 280 g/mol. The number of hydrogen-bond acceptors (Lipinski definition) is 3. The van der Waals surface area contributed by atoms with Crippen LogP contribution in [-0.4, -0.2) is 17.1 Å². The average Bonchev–Trinajstić information content (AvgIpc) is 2.92. The van der Waals surface area contributed by atoms with Crippen molar-refractivity contribution in [2.24, 2.45) is 0 Å². The average molecular weight is 295 g/mol. The number of rotatable bonds is 6. The lowest BCUT2D eigenvalue weighted by Crippen LogP contribution is -2.17. The van der Waals surface area contributed by atoms with Crippen LogP contribution in [0.25, 0.3) is 0 Å². The van der Waals surface area contributed by atoms with E-state index < -0.39 is 23.2 Å². The molecule has 0 radical (unpaired) electrons. The standard InChI is InChI=1S/C15H15F2NO3/c1-9(4-5-10-3-2-6-21-10)18-14-7-11(15(19)20)12(16)8-13(14)17/h2-3,6-9,18H,4-5H2,1H3,(H,19,20). The second-order valence-electron chi connectivity index (χ2n) is 4.78. The minimum atomic E-state index is -1.43. The molecule has 2 aromatic rings. The van der Waals surface area contributed by atoms with E-state index in [0.29, 0.717) is 18.9 Å². The monoisotopic (exact) mass is 295 g/mol. The van der Waals surface area contributed by atoms with Gasteiger partial charge in [-0.25, -0.2) is 13.6 Å². The van der Waals surface area contributed by atoms with E-state index in [-0.39, 0.29) is 11.7 Å². The molecule has 1 aromatic carbocycles. The first kappa shape index (κ1) is 15.0. The highest BCUT2D eigenvalue weighted by atomic mass is 19.1. The molecular formula is C15H15F2NO3.